The molecule has 0 aliphatic carbocycles. The van der Waals surface area contributed by atoms with Crippen LogP contribution in [0.3, 0.4) is 0 Å². The number of fused-ring (bicyclic) bond motifs is 3. The number of unbranched alkanes of at least 4 members (excludes halogenated alkanes) is 2. The topological polar surface area (TPSA) is 206 Å². The number of rotatable bonds is 24. The van der Waals surface area contributed by atoms with Crippen molar-refractivity contribution in [2.45, 2.75) is 52.3 Å². The predicted molar refractivity (Wildman–Crippen MR) is 351 cm³/mol. The van der Waals surface area contributed by atoms with Crippen LogP contribution < -0.4 is 50.8 Å². The number of nitrogens with one attached hydrogen (secondary N) is 1. The second kappa shape index (κ2) is 27.4. The molecule has 15 nitrogen and oxygen atoms in total. The third kappa shape index (κ3) is 12.8. The summed E-state index contributed by atoms with van der Waals surface area (Å²) in [5.74, 6) is 1.97. The number of thiazole rings is 2. The molecule has 0 aliphatic heterocycles. The zero-order valence-corrected chi connectivity index (χ0v) is 51.2. The van der Waals surface area contributed by atoms with Crippen LogP contribution in [0.5, 0.6) is 23.0 Å². The molecule has 11 aromatic rings. The molecule has 1 atom stereocenters. The van der Waals surface area contributed by atoms with Gasteiger partial charge in [0.2, 0.25) is 5.91 Å². The van der Waals surface area contributed by atoms with Gasteiger partial charge in [-0.25, -0.2) is 9.97 Å². The highest BCUT2D eigenvalue weighted by molar-refractivity contribution is 7.77. The van der Waals surface area contributed by atoms with E-state index in [0.717, 1.165) is 36.9 Å². The zero-order chi connectivity index (χ0) is 61.3. The number of Topliss-reactive ketones (excluding diaryl/α,β-unsaturated/α-hetero) is 1. The van der Waals surface area contributed by atoms with Gasteiger partial charge in [0.15, 0.2) is 0 Å². The highest BCUT2D eigenvalue weighted by atomic mass is 32.2. The average Bonchev–Trinajstić information content (AvgIpc) is 1.54. The van der Waals surface area contributed by atoms with E-state index in [9.17, 15) is 28.9 Å². The van der Waals surface area contributed by atoms with E-state index in [1.807, 2.05) is 144 Å². The molecular weight excluding hydrogens is 1160 g/mol. The van der Waals surface area contributed by atoms with Gasteiger partial charge in [-0.15, -0.1) is 22.7 Å². The van der Waals surface area contributed by atoms with Gasteiger partial charge < -0.3 is 37.3 Å². The number of aromatic nitrogens is 4. The van der Waals surface area contributed by atoms with Gasteiger partial charge in [0.05, 0.1) is 58.6 Å². The molecule has 7 aromatic carbocycles. The zero-order valence-electron chi connectivity index (χ0n) is 48.7. The van der Waals surface area contributed by atoms with Gasteiger partial charge >= 0.3 is 6.85 Å². The van der Waals surface area contributed by atoms with Crippen LogP contribution in [0.1, 0.15) is 55.5 Å². The van der Waals surface area contributed by atoms with Crippen molar-refractivity contribution in [1.29, 1.82) is 10.5 Å². The molecule has 1 amide bonds. The first-order valence-corrected chi connectivity index (χ1v) is 31.4. The second-order valence-corrected chi connectivity index (χ2v) is 23.7. The summed E-state index contributed by atoms with van der Waals surface area (Å²) in [5.41, 5.74) is 7.58. The first-order valence-electron chi connectivity index (χ1n) is 28.7. The fraction of sp³-hybridized carbons (Fsp3) is 0.176. The van der Waals surface area contributed by atoms with Gasteiger partial charge in [0, 0.05) is 58.4 Å². The van der Waals surface area contributed by atoms with Crippen molar-refractivity contribution in [2.75, 3.05) is 27.4 Å². The van der Waals surface area contributed by atoms with Gasteiger partial charge in [-0.1, -0.05) is 114 Å². The fourth-order valence-corrected chi connectivity index (χ4v) is 13.4. The van der Waals surface area contributed by atoms with Crippen LogP contribution in [-0.4, -0.2) is 80.5 Å². The summed E-state index contributed by atoms with van der Waals surface area (Å²) in [5, 5.41) is 27.9. The van der Waals surface area contributed by atoms with Crippen LogP contribution in [0.15, 0.2) is 176 Å². The Hall–Kier alpha value is -9.56. The van der Waals surface area contributed by atoms with E-state index >= 15 is 0 Å². The molecule has 0 fully saturated rings. The monoisotopic (exact) mass is 1220 g/mol. The summed E-state index contributed by atoms with van der Waals surface area (Å²) in [7, 11) is 3.22. The number of nitrogens with zero attached hydrogens (tertiary/aromatic N) is 6. The Labute approximate surface area is 520 Å². The average molecular weight is 1220 g/mol. The van der Waals surface area contributed by atoms with Crippen molar-refractivity contribution < 1.29 is 37.3 Å². The summed E-state index contributed by atoms with van der Waals surface area (Å²) in [6, 6.07) is 63.1. The van der Waals surface area contributed by atoms with Gasteiger partial charge in [-0.2, -0.15) is 10.5 Å². The summed E-state index contributed by atoms with van der Waals surface area (Å²) in [6.07, 6.45) is 2.79. The maximum absolute atomic E-state index is 12.3. The Morgan fingerprint density at radius 1 is 0.580 bits per heavy atom. The summed E-state index contributed by atoms with van der Waals surface area (Å²) < 4.78 is 54.2. The number of ether oxygens (including phenoxy) is 4. The number of carbonyl (C=O) groups excluding carboxylic acids is 2. The molecule has 1 unspecified atom stereocenters. The van der Waals surface area contributed by atoms with Crippen molar-refractivity contribution in [3.05, 3.63) is 197 Å². The lowest BCUT2D eigenvalue weighted by molar-refractivity contribution is -0.119. The molecule has 11 rings (SSSR count). The third-order valence-electron chi connectivity index (χ3n) is 15.3. The third-order valence-corrected chi connectivity index (χ3v) is 17.8. The molecule has 4 heterocycles. The SMILES string of the molecule is COc1ccc2sc(/C(C#N)=c3/c4c(-c5ccc(OCCCCC(C)=O)cc5)n(B(c5ccccc5)c5ccccc5)/c(=C(/C#N)c5nc6cc(OC)ccc6s5)c4c(-c4ccc(OCCCCC(=O)NS(=O)[O-])cc4)n3B(C)c3ccccc3)nc2c1. The molecule has 88 heavy (non-hydrogen) atoms. The molecule has 0 radical (unpaired) electrons. The first kappa shape index (κ1) is 60.1. The number of hydrogen-bond acceptors (Lipinski definition) is 14. The molecule has 20 heteroatoms. The summed E-state index contributed by atoms with van der Waals surface area (Å²) in [4.78, 5) is 34.5. The molecule has 1 N–H and O–H groups in total. The second-order valence-electron chi connectivity index (χ2n) is 21.0. The van der Waals surface area contributed by atoms with E-state index in [2.05, 4.69) is 64.3 Å². The van der Waals surface area contributed by atoms with E-state index < -0.39 is 30.9 Å². The molecule has 0 saturated carbocycles. The minimum absolute atomic E-state index is 0.0193. The van der Waals surface area contributed by atoms with E-state index in [-0.39, 0.29) is 24.4 Å². The van der Waals surface area contributed by atoms with E-state index in [1.54, 1.807) is 21.1 Å². The van der Waals surface area contributed by atoms with Crippen LogP contribution in [0.4, 0.5) is 0 Å². The number of hydrogen-bond donors (Lipinski definition) is 1. The van der Waals surface area contributed by atoms with Crippen LogP contribution in [0, 0.1) is 22.7 Å². The van der Waals surface area contributed by atoms with E-state index in [4.69, 9.17) is 28.9 Å². The van der Waals surface area contributed by atoms with E-state index in [1.165, 1.54) is 22.7 Å². The normalized spacial score (nSPS) is 12.3. The molecular formula is C68H58B2N7O8S3-. The van der Waals surface area contributed by atoms with Crippen LogP contribution in [0.25, 0.3) is 64.9 Å². The number of amides is 1. The Balaban J connectivity index is 1.32. The Morgan fingerprint density at radius 2 is 1.00 bits per heavy atom. The molecule has 0 bridgehead atoms. The number of benzene rings is 7. The first-order chi connectivity index (χ1) is 43.0. The van der Waals surface area contributed by atoms with E-state index in [0.29, 0.717) is 121 Å². The number of nitriles is 2. The van der Waals surface area contributed by atoms with Gasteiger partial charge in [0.25, 0.3) is 6.85 Å². The smallest absolute Gasteiger partial charge is 0.328 e. The highest BCUT2D eigenvalue weighted by Gasteiger charge is 2.36. The molecule has 0 aliphatic rings. The van der Waals surface area contributed by atoms with Gasteiger partial charge in [0.1, 0.15) is 62.1 Å². The maximum Gasteiger partial charge on any atom is 0.328 e. The number of carbonyl (C=O) groups is 2. The summed E-state index contributed by atoms with van der Waals surface area (Å²) >= 11 is 0.123. The standard InChI is InChI=1S/C68H59B2N7O8S3/c1-44(78)18-14-16-38-84-51-32-28-46(29-33-51)64-62-61(66(55(43-72)68-74-57-41-53(83-4)35-37-59(57)87-68)77(64)70(48-21-10-6-11-22-48)49-23-12-7-13-24-49)63(45-26-30-50(31-27-45)85-39-17-15-25-60(79)75-88(80)81)76(69(2)47-19-8-5-9-20-47)65(62)54(42-71)67-73-56-40-52(82-3)34-36-58(56)86-67/h5-13,19-24,26-37,40-41H,14-18,25,38-39H2,1-4H3,(H,75,79)(H,80,81)/p-1/b65-54-,66-55-. The minimum atomic E-state index is -2.69. The van der Waals surface area contributed by atoms with Crippen LogP contribution >= 0.6 is 22.7 Å². The lowest BCUT2D eigenvalue weighted by Crippen LogP contribution is -2.53. The molecule has 0 spiro atoms. The van der Waals surface area contributed by atoms with Crippen molar-refractivity contribution in [1.82, 2.24) is 23.6 Å². The molecule has 4 aromatic heterocycles. The lowest BCUT2D eigenvalue weighted by Gasteiger charge is -2.23. The van der Waals surface area contributed by atoms with Crippen molar-refractivity contribution in [3.63, 3.8) is 0 Å². The van der Waals surface area contributed by atoms with Crippen molar-refractivity contribution >= 4 is 118 Å². The number of ketones is 1. The number of methoxy groups -OCH3 is 2. The minimum Gasteiger partial charge on any atom is -0.755 e. The summed E-state index contributed by atoms with van der Waals surface area (Å²) in [6.45, 7) is 3.30. The van der Waals surface area contributed by atoms with Gasteiger partial charge in [-0.3, -0.25) is 13.7 Å². The fourth-order valence-electron chi connectivity index (χ4n) is 11.2. The van der Waals surface area contributed by atoms with Crippen LogP contribution in [0.2, 0.25) is 6.82 Å². The lowest BCUT2D eigenvalue weighted by atomic mass is 9.50. The Kier molecular flexibility index (Phi) is 18.7. The Morgan fingerprint density at radius 3 is 1.43 bits per heavy atom. The Bertz CT molecular complexity index is 4560. The van der Waals surface area contributed by atoms with Crippen molar-refractivity contribution in [3.8, 4) is 57.7 Å². The maximum atomic E-state index is 12.3. The highest BCUT2D eigenvalue weighted by Crippen LogP contribution is 2.39. The van der Waals surface area contributed by atoms with Gasteiger partial charge in [-0.05, 0) is 117 Å². The van der Waals surface area contributed by atoms with Crippen molar-refractivity contribution in [2.24, 2.45) is 0 Å². The molecule has 0 saturated heterocycles. The molecule has 438 valence electrons. The largest absolute Gasteiger partial charge is 0.755 e. The predicted octanol–water partition coefficient (Wildman–Crippen LogP) is 10.1. The van der Waals surface area contributed by atoms with Crippen LogP contribution in [-0.2, 0) is 20.9 Å². The quantitative estimate of drug-likeness (QED) is 0.0341.